The Morgan fingerprint density at radius 3 is 1.63 bits per heavy atom. The number of fused-ring (bicyclic) bond motifs is 11. The Morgan fingerprint density at radius 2 is 0.885 bits per heavy atom. The number of aromatic nitrogens is 4. The van der Waals surface area contributed by atoms with Crippen LogP contribution in [0.4, 0.5) is 0 Å². The molecule has 0 fully saturated rings. The van der Waals surface area contributed by atoms with Crippen LogP contribution in [0.25, 0.3) is 103 Å². The third-order valence-electron chi connectivity index (χ3n) is 10.2. The van der Waals surface area contributed by atoms with Crippen molar-refractivity contribution in [2.45, 2.75) is 0 Å². The molecule has 0 saturated carbocycles. The minimum absolute atomic E-state index is 0.643. The average Bonchev–Trinajstić information content (AvgIpc) is 3.77. The zero-order valence-corrected chi connectivity index (χ0v) is 28.7. The van der Waals surface area contributed by atoms with Crippen LogP contribution in [0.1, 0.15) is 0 Å². The Labute approximate surface area is 302 Å². The van der Waals surface area contributed by atoms with Crippen molar-refractivity contribution in [3.05, 3.63) is 170 Å². The average molecular weight is 681 g/mol. The summed E-state index contributed by atoms with van der Waals surface area (Å²) in [6.45, 7) is 0. The number of rotatable bonds is 4. The SMILES string of the molecule is c1ccc(-c2nc(-c3ccc(-n4c5ccccc5c5c6ccccc6c6ccccc6c54)cc3)nc(-c3ccc4sc5ccccc5c4c3)n2)cc1. The quantitative estimate of drug-likeness (QED) is 0.174. The summed E-state index contributed by atoms with van der Waals surface area (Å²) in [5.41, 5.74) is 6.34. The molecule has 0 aliphatic heterocycles. The van der Waals surface area contributed by atoms with Crippen LogP contribution >= 0.6 is 11.3 Å². The van der Waals surface area contributed by atoms with Gasteiger partial charge >= 0.3 is 0 Å². The van der Waals surface area contributed by atoms with Gasteiger partial charge in [0.15, 0.2) is 17.5 Å². The number of hydrogen-bond donors (Lipinski definition) is 0. The van der Waals surface area contributed by atoms with E-state index in [0.29, 0.717) is 17.5 Å². The molecule has 52 heavy (non-hydrogen) atoms. The number of benzene rings is 8. The van der Waals surface area contributed by atoms with Gasteiger partial charge in [-0.25, -0.2) is 15.0 Å². The third-order valence-corrected chi connectivity index (χ3v) is 11.4. The number of hydrogen-bond acceptors (Lipinski definition) is 4. The van der Waals surface area contributed by atoms with Gasteiger partial charge in [-0.1, -0.05) is 115 Å². The molecular formula is C47H28N4S. The Hall–Kier alpha value is -6.69. The summed E-state index contributed by atoms with van der Waals surface area (Å²) in [6, 6.07) is 60.2. The first-order valence-corrected chi connectivity index (χ1v) is 18.3. The molecule has 242 valence electrons. The minimum Gasteiger partial charge on any atom is -0.309 e. The second-order valence-corrected chi connectivity index (χ2v) is 14.3. The zero-order chi connectivity index (χ0) is 34.2. The highest BCUT2D eigenvalue weighted by atomic mass is 32.1. The summed E-state index contributed by atoms with van der Waals surface area (Å²) in [7, 11) is 0. The molecule has 11 rings (SSSR count). The van der Waals surface area contributed by atoms with Gasteiger partial charge in [-0.2, -0.15) is 0 Å². The topological polar surface area (TPSA) is 43.6 Å². The highest BCUT2D eigenvalue weighted by molar-refractivity contribution is 7.25. The van der Waals surface area contributed by atoms with Gasteiger partial charge in [0, 0.05) is 58.7 Å². The molecule has 0 N–H and O–H groups in total. The summed E-state index contributed by atoms with van der Waals surface area (Å²) >= 11 is 1.81. The molecule has 0 amide bonds. The fourth-order valence-electron chi connectivity index (χ4n) is 7.87. The molecular weight excluding hydrogens is 653 g/mol. The Bertz CT molecular complexity index is 3180. The Kier molecular flexibility index (Phi) is 6.39. The predicted molar refractivity (Wildman–Crippen MR) is 218 cm³/mol. The molecule has 11 aromatic rings. The van der Waals surface area contributed by atoms with Crippen molar-refractivity contribution < 1.29 is 0 Å². The van der Waals surface area contributed by atoms with E-state index in [2.05, 4.69) is 156 Å². The van der Waals surface area contributed by atoms with E-state index in [9.17, 15) is 0 Å². The van der Waals surface area contributed by atoms with Gasteiger partial charge in [0.2, 0.25) is 0 Å². The normalized spacial score (nSPS) is 11.8. The number of thiophene rings is 1. The molecule has 8 aromatic carbocycles. The van der Waals surface area contributed by atoms with E-state index >= 15 is 0 Å². The lowest BCUT2D eigenvalue weighted by atomic mass is 9.97. The van der Waals surface area contributed by atoms with Crippen LogP contribution in [-0.4, -0.2) is 19.5 Å². The standard InChI is InChI=1S/C47H28N4S/c1-2-12-29(13-3-1)45-48-46(50-47(49-45)31-24-27-42-39(28-31)35-16-9-11-21-41(35)52-42)30-22-25-32(26-23-30)51-40-20-10-8-19-38(40)43-36-17-6-4-14-33(36)34-15-5-7-18-37(34)44(43)51/h1-28H. The van der Waals surface area contributed by atoms with Crippen molar-refractivity contribution in [1.29, 1.82) is 0 Å². The smallest absolute Gasteiger partial charge is 0.164 e. The molecule has 4 nitrogen and oxygen atoms in total. The Balaban J connectivity index is 1.10. The van der Waals surface area contributed by atoms with E-state index in [0.717, 1.165) is 22.4 Å². The second kappa shape index (κ2) is 11.4. The molecule has 0 spiro atoms. The maximum atomic E-state index is 5.11. The lowest BCUT2D eigenvalue weighted by Crippen LogP contribution is -2.00. The lowest BCUT2D eigenvalue weighted by Gasteiger charge is -2.13. The van der Waals surface area contributed by atoms with Crippen LogP contribution in [0.5, 0.6) is 0 Å². The zero-order valence-electron chi connectivity index (χ0n) is 27.9. The summed E-state index contributed by atoms with van der Waals surface area (Å²) in [4.78, 5) is 15.2. The van der Waals surface area contributed by atoms with Gasteiger partial charge in [-0.15, -0.1) is 11.3 Å². The molecule has 0 aliphatic rings. The summed E-state index contributed by atoms with van der Waals surface area (Å²) in [5.74, 6) is 1.95. The molecule has 3 aromatic heterocycles. The van der Waals surface area contributed by atoms with Crippen molar-refractivity contribution in [2.75, 3.05) is 0 Å². The van der Waals surface area contributed by atoms with Crippen LogP contribution in [0.15, 0.2) is 170 Å². The first-order valence-electron chi connectivity index (χ1n) is 17.5. The molecule has 0 saturated heterocycles. The fraction of sp³-hybridized carbons (Fsp3) is 0. The van der Waals surface area contributed by atoms with Crippen LogP contribution in [0.3, 0.4) is 0 Å². The van der Waals surface area contributed by atoms with Crippen molar-refractivity contribution in [1.82, 2.24) is 19.5 Å². The van der Waals surface area contributed by atoms with Crippen molar-refractivity contribution in [3.8, 4) is 39.9 Å². The van der Waals surface area contributed by atoms with Crippen molar-refractivity contribution >= 4 is 74.9 Å². The summed E-state index contributed by atoms with van der Waals surface area (Å²) < 4.78 is 4.95. The van der Waals surface area contributed by atoms with Gasteiger partial charge in [0.05, 0.1) is 11.0 Å². The summed E-state index contributed by atoms with van der Waals surface area (Å²) in [5, 5.41) is 10.0. The molecule has 0 unspecified atom stereocenters. The van der Waals surface area contributed by atoms with Crippen LogP contribution in [-0.2, 0) is 0 Å². The molecule has 0 atom stereocenters. The van der Waals surface area contributed by atoms with Crippen molar-refractivity contribution in [2.24, 2.45) is 0 Å². The van der Waals surface area contributed by atoms with Gasteiger partial charge in [0.25, 0.3) is 0 Å². The first-order chi connectivity index (χ1) is 25.8. The van der Waals surface area contributed by atoms with Gasteiger partial charge in [-0.3, -0.25) is 0 Å². The van der Waals surface area contributed by atoms with E-state index in [1.54, 1.807) is 0 Å². The molecule has 3 heterocycles. The summed E-state index contributed by atoms with van der Waals surface area (Å²) in [6.07, 6.45) is 0. The fourth-order valence-corrected chi connectivity index (χ4v) is 8.96. The van der Waals surface area contributed by atoms with Crippen molar-refractivity contribution in [3.63, 3.8) is 0 Å². The van der Waals surface area contributed by atoms with Crippen LogP contribution in [0, 0.1) is 0 Å². The largest absolute Gasteiger partial charge is 0.309 e. The molecule has 5 heteroatoms. The second-order valence-electron chi connectivity index (χ2n) is 13.2. The monoisotopic (exact) mass is 680 g/mol. The van der Waals surface area contributed by atoms with E-state index in [4.69, 9.17) is 15.0 Å². The van der Waals surface area contributed by atoms with Gasteiger partial charge in [-0.05, 0) is 70.8 Å². The molecule has 0 bridgehead atoms. The minimum atomic E-state index is 0.643. The third kappa shape index (κ3) is 4.43. The maximum Gasteiger partial charge on any atom is 0.164 e. The van der Waals surface area contributed by atoms with E-state index < -0.39 is 0 Å². The van der Waals surface area contributed by atoms with E-state index in [1.807, 2.05) is 29.5 Å². The number of nitrogens with zero attached hydrogens (tertiary/aromatic N) is 4. The van der Waals surface area contributed by atoms with Crippen LogP contribution < -0.4 is 0 Å². The highest BCUT2D eigenvalue weighted by Crippen LogP contribution is 2.42. The number of para-hydroxylation sites is 1. The van der Waals surface area contributed by atoms with Gasteiger partial charge < -0.3 is 4.57 Å². The molecule has 0 radical (unpaired) electrons. The molecule has 0 aliphatic carbocycles. The maximum absolute atomic E-state index is 5.11. The lowest BCUT2D eigenvalue weighted by molar-refractivity contribution is 1.07. The highest BCUT2D eigenvalue weighted by Gasteiger charge is 2.19. The Morgan fingerprint density at radius 1 is 0.365 bits per heavy atom. The van der Waals surface area contributed by atoms with E-state index in [-0.39, 0.29) is 0 Å². The van der Waals surface area contributed by atoms with Gasteiger partial charge in [0.1, 0.15) is 0 Å². The van der Waals surface area contributed by atoms with E-state index in [1.165, 1.54) is 63.5 Å². The predicted octanol–water partition coefficient (Wildman–Crippen LogP) is 12.6. The van der Waals surface area contributed by atoms with Crippen LogP contribution in [0.2, 0.25) is 0 Å². The first kappa shape index (κ1) is 29.1.